The number of carbonyl (C=O) groups is 1. The number of hydrogen-bond donors (Lipinski definition) is 1. The summed E-state index contributed by atoms with van der Waals surface area (Å²) >= 11 is 7.43. The van der Waals surface area contributed by atoms with Crippen LogP contribution in [0.25, 0.3) is 0 Å². The molecule has 0 saturated carbocycles. The molecule has 114 valence electrons. The van der Waals surface area contributed by atoms with Crippen LogP contribution in [0.3, 0.4) is 0 Å². The summed E-state index contributed by atoms with van der Waals surface area (Å²) in [6.07, 6.45) is 4.22. The summed E-state index contributed by atoms with van der Waals surface area (Å²) in [6.45, 7) is 0. The smallest absolute Gasteiger partial charge is 0.270 e. The second-order valence-corrected chi connectivity index (χ2v) is 6.46. The quantitative estimate of drug-likeness (QED) is 0.681. The molecule has 6 nitrogen and oxygen atoms in total. The highest BCUT2D eigenvalue weighted by atomic mass is 35.5. The Morgan fingerprint density at radius 3 is 2.82 bits per heavy atom. The van der Waals surface area contributed by atoms with Gasteiger partial charge < -0.3 is 0 Å². The summed E-state index contributed by atoms with van der Waals surface area (Å²) in [7, 11) is 0. The molecule has 1 amide bonds. The number of nitrogens with zero attached hydrogens (tertiary/aromatic N) is 2. The van der Waals surface area contributed by atoms with Gasteiger partial charge in [-0.25, -0.2) is 4.98 Å². The Bertz CT molecular complexity index is 736. The molecule has 3 rings (SSSR count). The molecule has 1 aliphatic carbocycles. The van der Waals surface area contributed by atoms with Gasteiger partial charge >= 0.3 is 0 Å². The molecule has 22 heavy (non-hydrogen) atoms. The van der Waals surface area contributed by atoms with E-state index < -0.39 is 10.8 Å². The molecule has 1 N–H and O–H groups in total. The van der Waals surface area contributed by atoms with Gasteiger partial charge in [0, 0.05) is 17.0 Å². The minimum Gasteiger partial charge on any atom is -0.298 e. The first-order valence-corrected chi connectivity index (χ1v) is 7.98. The van der Waals surface area contributed by atoms with Gasteiger partial charge in [-0.1, -0.05) is 11.6 Å². The van der Waals surface area contributed by atoms with Crippen LogP contribution in [0.15, 0.2) is 18.2 Å². The van der Waals surface area contributed by atoms with Crippen molar-refractivity contribution in [2.45, 2.75) is 25.7 Å². The summed E-state index contributed by atoms with van der Waals surface area (Å²) < 4.78 is 0. The number of nitro groups is 1. The maximum Gasteiger partial charge on any atom is 0.270 e. The Morgan fingerprint density at radius 2 is 2.14 bits per heavy atom. The van der Waals surface area contributed by atoms with Gasteiger partial charge in [0.15, 0.2) is 5.13 Å². The summed E-state index contributed by atoms with van der Waals surface area (Å²) in [5.41, 5.74) is 1.10. The summed E-state index contributed by atoms with van der Waals surface area (Å²) in [6, 6.07) is 3.78. The highest BCUT2D eigenvalue weighted by molar-refractivity contribution is 7.15. The number of amides is 1. The van der Waals surface area contributed by atoms with E-state index in [1.165, 1.54) is 34.4 Å². The van der Waals surface area contributed by atoms with E-state index in [0.717, 1.165) is 31.4 Å². The molecular weight excluding hydrogens is 326 g/mol. The Hall–Kier alpha value is -1.99. The first-order valence-electron chi connectivity index (χ1n) is 6.78. The Labute approximate surface area is 135 Å². The number of rotatable bonds is 3. The topological polar surface area (TPSA) is 85.1 Å². The number of thiazole rings is 1. The summed E-state index contributed by atoms with van der Waals surface area (Å²) in [4.78, 5) is 28.0. The van der Waals surface area contributed by atoms with Crippen molar-refractivity contribution in [1.29, 1.82) is 0 Å². The first-order chi connectivity index (χ1) is 10.5. The van der Waals surface area contributed by atoms with Crippen molar-refractivity contribution in [3.63, 3.8) is 0 Å². The van der Waals surface area contributed by atoms with Crippen LogP contribution >= 0.6 is 22.9 Å². The van der Waals surface area contributed by atoms with Crippen LogP contribution < -0.4 is 5.32 Å². The molecule has 0 radical (unpaired) electrons. The molecule has 8 heteroatoms. The standard InChI is InChI=1S/C14H12ClN3O3S/c15-10-7-8(18(20)21)5-6-9(10)13(19)17-14-16-11-3-1-2-4-12(11)22-14/h5-7H,1-4H2,(H,16,17,19). The van der Waals surface area contributed by atoms with Crippen molar-refractivity contribution < 1.29 is 9.72 Å². The number of hydrogen-bond acceptors (Lipinski definition) is 5. The molecule has 1 aromatic heterocycles. The van der Waals surface area contributed by atoms with Gasteiger partial charge in [-0.05, 0) is 31.7 Å². The monoisotopic (exact) mass is 337 g/mol. The van der Waals surface area contributed by atoms with Gasteiger partial charge in [0.1, 0.15) is 0 Å². The molecule has 0 unspecified atom stereocenters. The number of nitro benzene ring substituents is 1. The van der Waals surface area contributed by atoms with Crippen LogP contribution in [-0.4, -0.2) is 15.8 Å². The van der Waals surface area contributed by atoms with Crippen LogP contribution in [0, 0.1) is 10.1 Å². The lowest BCUT2D eigenvalue weighted by Gasteiger charge is -2.06. The maximum atomic E-state index is 12.2. The summed E-state index contributed by atoms with van der Waals surface area (Å²) in [5, 5.41) is 14.0. The molecule has 1 heterocycles. The number of aryl methyl sites for hydroxylation is 2. The lowest BCUT2D eigenvalue weighted by molar-refractivity contribution is -0.384. The molecule has 1 aromatic carbocycles. The van der Waals surface area contributed by atoms with Gasteiger partial charge in [-0.2, -0.15) is 0 Å². The Kier molecular flexibility index (Phi) is 4.08. The van der Waals surface area contributed by atoms with Crippen LogP contribution in [0.4, 0.5) is 10.8 Å². The number of carbonyl (C=O) groups excluding carboxylic acids is 1. The van der Waals surface area contributed by atoms with E-state index in [0.29, 0.717) is 5.13 Å². The van der Waals surface area contributed by atoms with Crippen molar-refractivity contribution in [2.24, 2.45) is 0 Å². The van der Waals surface area contributed by atoms with E-state index in [9.17, 15) is 14.9 Å². The molecule has 0 aliphatic heterocycles. The largest absolute Gasteiger partial charge is 0.298 e. The van der Waals surface area contributed by atoms with E-state index in [2.05, 4.69) is 10.3 Å². The van der Waals surface area contributed by atoms with Crippen molar-refractivity contribution in [2.75, 3.05) is 5.32 Å². The fourth-order valence-electron chi connectivity index (χ4n) is 2.37. The average molecular weight is 338 g/mol. The van der Waals surface area contributed by atoms with Crippen molar-refractivity contribution in [1.82, 2.24) is 4.98 Å². The molecule has 1 aliphatic rings. The van der Waals surface area contributed by atoms with Crippen LogP contribution in [0.5, 0.6) is 0 Å². The maximum absolute atomic E-state index is 12.2. The number of aromatic nitrogens is 1. The number of nitrogens with one attached hydrogen (secondary N) is 1. The van der Waals surface area contributed by atoms with Crippen LogP contribution in [-0.2, 0) is 12.8 Å². The van der Waals surface area contributed by atoms with Gasteiger partial charge in [0.25, 0.3) is 11.6 Å². The zero-order valence-corrected chi connectivity index (χ0v) is 13.0. The number of benzene rings is 1. The SMILES string of the molecule is O=C(Nc1nc2c(s1)CCCC2)c1ccc([N+](=O)[O-])cc1Cl. The molecular formula is C14H12ClN3O3S. The van der Waals surface area contributed by atoms with Crippen LogP contribution in [0.2, 0.25) is 5.02 Å². The minimum absolute atomic E-state index is 0.0491. The molecule has 2 aromatic rings. The zero-order valence-electron chi connectivity index (χ0n) is 11.5. The average Bonchev–Trinajstić information content (AvgIpc) is 2.88. The van der Waals surface area contributed by atoms with Crippen LogP contribution in [0.1, 0.15) is 33.8 Å². The molecule has 0 bridgehead atoms. The van der Waals surface area contributed by atoms with Gasteiger partial charge in [-0.3, -0.25) is 20.2 Å². The highest BCUT2D eigenvalue weighted by Crippen LogP contribution is 2.30. The summed E-state index contributed by atoms with van der Waals surface area (Å²) in [5.74, 6) is -0.411. The fraction of sp³-hybridized carbons (Fsp3) is 0.286. The third kappa shape index (κ3) is 2.95. The molecule has 0 atom stereocenters. The normalized spacial score (nSPS) is 13.5. The van der Waals surface area contributed by atoms with Crippen molar-refractivity contribution in [3.05, 3.63) is 49.5 Å². The molecule has 0 spiro atoms. The molecule has 0 fully saturated rings. The first kappa shape index (κ1) is 14.9. The fourth-order valence-corrected chi connectivity index (χ4v) is 3.68. The third-order valence-corrected chi connectivity index (χ3v) is 4.86. The number of halogens is 1. The zero-order chi connectivity index (χ0) is 15.7. The molecule has 0 saturated heterocycles. The predicted molar refractivity (Wildman–Crippen MR) is 84.8 cm³/mol. The Morgan fingerprint density at radius 1 is 1.36 bits per heavy atom. The minimum atomic E-state index is -0.553. The van der Waals surface area contributed by atoms with E-state index in [-0.39, 0.29) is 16.3 Å². The number of anilines is 1. The van der Waals surface area contributed by atoms with Gasteiger partial charge in [-0.15, -0.1) is 11.3 Å². The lowest BCUT2D eigenvalue weighted by Crippen LogP contribution is -2.12. The van der Waals surface area contributed by atoms with Gasteiger partial charge in [0.2, 0.25) is 0 Å². The van der Waals surface area contributed by atoms with Crippen molar-refractivity contribution in [3.8, 4) is 0 Å². The number of fused-ring (bicyclic) bond motifs is 1. The van der Waals surface area contributed by atoms with E-state index in [1.807, 2.05) is 0 Å². The predicted octanol–water partition coefficient (Wildman–Crippen LogP) is 3.84. The van der Waals surface area contributed by atoms with E-state index in [1.54, 1.807) is 0 Å². The third-order valence-electron chi connectivity index (χ3n) is 3.47. The Balaban J connectivity index is 1.79. The second kappa shape index (κ2) is 6.02. The number of non-ortho nitro benzene ring substituents is 1. The van der Waals surface area contributed by atoms with E-state index in [4.69, 9.17) is 11.6 Å². The highest BCUT2D eigenvalue weighted by Gasteiger charge is 2.19. The van der Waals surface area contributed by atoms with Gasteiger partial charge in [0.05, 0.1) is 21.2 Å². The van der Waals surface area contributed by atoms with Crippen molar-refractivity contribution >= 4 is 39.7 Å². The lowest BCUT2D eigenvalue weighted by atomic mass is 10.0. The van der Waals surface area contributed by atoms with E-state index >= 15 is 0 Å². The second-order valence-electron chi connectivity index (χ2n) is 4.97.